The van der Waals surface area contributed by atoms with Crippen LogP contribution in [0.4, 0.5) is 0 Å². The molecular formula is C31H23N3. The van der Waals surface area contributed by atoms with E-state index in [0.29, 0.717) is 0 Å². The van der Waals surface area contributed by atoms with Gasteiger partial charge in [-0.05, 0) is 47.0 Å². The molecular weight excluding hydrogens is 414 g/mol. The quantitative estimate of drug-likeness (QED) is 0.280. The van der Waals surface area contributed by atoms with Crippen molar-refractivity contribution < 1.29 is 0 Å². The highest BCUT2D eigenvalue weighted by Crippen LogP contribution is 2.48. The molecule has 162 valence electrons. The van der Waals surface area contributed by atoms with Crippen molar-refractivity contribution in [3.05, 3.63) is 115 Å². The molecule has 34 heavy (non-hydrogen) atoms. The van der Waals surface area contributed by atoms with Gasteiger partial charge < -0.3 is 4.57 Å². The van der Waals surface area contributed by atoms with Gasteiger partial charge in [0.2, 0.25) is 0 Å². The normalized spacial score (nSPS) is 13.8. The van der Waals surface area contributed by atoms with Crippen LogP contribution in [0.25, 0.3) is 50.0 Å². The van der Waals surface area contributed by atoms with Gasteiger partial charge in [-0.1, -0.05) is 74.5 Å². The lowest BCUT2D eigenvalue weighted by Crippen LogP contribution is -2.26. The van der Waals surface area contributed by atoms with Crippen LogP contribution in [0.2, 0.25) is 0 Å². The van der Waals surface area contributed by atoms with E-state index in [1.165, 1.54) is 38.8 Å². The predicted molar refractivity (Wildman–Crippen MR) is 139 cm³/mol. The maximum absolute atomic E-state index is 5.23. The van der Waals surface area contributed by atoms with Crippen LogP contribution in [0.15, 0.2) is 103 Å². The fourth-order valence-electron chi connectivity index (χ4n) is 5.51. The van der Waals surface area contributed by atoms with E-state index in [-0.39, 0.29) is 5.41 Å². The Labute approximate surface area is 198 Å². The zero-order chi connectivity index (χ0) is 22.9. The molecule has 0 bridgehead atoms. The molecule has 3 heteroatoms. The van der Waals surface area contributed by atoms with Crippen LogP contribution < -0.4 is 0 Å². The van der Waals surface area contributed by atoms with Crippen LogP contribution in [-0.4, -0.2) is 14.5 Å². The largest absolute Gasteiger partial charge is 0.307 e. The molecule has 0 spiro atoms. The molecule has 0 radical (unpaired) electrons. The molecule has 0 aliphatic carbocycles. The SMILES string of the molecule is CC1(C)c2cnccc2-n2c3ccc(-c4ccccc4)nc3c3cc(-c4ccccc4)cc1c32. The number of fused-ring (bicyclic) bond motifs is 5. The van der Waals surface area contributed by atoms with E-state index in [9.17, 15) is 0 Å². The highest BCUT2D eigenvalue weighted by molar-refractivity contribution is 6.11. The first kappa shape index (κ1) is 19.2. The van der Waals surface area contributed by atoms with E-state index in [0.717, 1.165) is 22.3 Å². The van der Waals surface area contributed by atoms with Gasteiger partial charge in [0.1, 0.15) is 0 Å². The van der Waals surface area contributed by atoms with Crippen molar-refractivity contribution >= 4 is 21.9 Å². The number of hydrogen-bond donors (Lipinski definition) is 0. The molecule has 0 atom stereocenters. The summed E-state index contributed by atoms with van der Waals surface area (Å²) >= 11 is 0. The van der Waals surface area contributed by atoms with Gasteiger partial charge in [0.05, 0.1) is 27.9 Å². The Morgan fingerprint density at radius 1 is 0.706 bits per heavy atom. The second-order valence-electron chi connectivity index (χ2n) is 9.57. The zero-order valence-corrected chi connectivity index (χ0v) is 19.2. The Hall–Kier alpha value is -4.24. The molecule has 7 rings (SSSR count). The Morgan fingerprint density at radius 2 is 1.44 bits per heavy atom. The van der Waals surface area contributed by atoms with Gasteiger partial charge in [-0.15, -0.1) is 0 Å². The van der Waals surface area contributed by atoms with Crippen LogP contribution in [0.5, 0.6) is 0 Å². The summed E-state index contributed by atoms with van der Waals surface area (Å²) in [5.41, 5.74) is 11.5. The fraction of sp³-hybridized carbons (Fsp3) is 0.0968. The van der Waals surface area contributed by atoms with E-state index in [1.54, 1.807) is 0 Å². The minimum Gasteiger partial charge on any atom is -0.307 e. The molecule has 0 unspecified atom stereocenters. The van der Waals surface area contributed by atoms with Crippen molar-refractivity contribution in [1.82, 2.24) is 14.5 Å². The first-order chi connectivity index (χ1) is 16.6. The number of rotatable bonds is 2. The number of nitrogens with zero attached hydrogens (tertiary/aromatic N) is 3. The van der Waals surface area contributed by atoms with Gasteiger partial charge in [-0.25, -0.2) is 4.98 Å². The number of hydrogen-bond acceptors (Lipinski definition) is 2. The van der Waals surface area contributed by atoms with Gasteiger partial charge >= 0.3 is 0 Å². The topological polar surface area (TPSA) is 30.7 Å². The van der Waals surface area contributed by atoms with Crippen molar-refractivity contribution in [2.45, 2.75) is 19.3 Å². The lowest BCUT2D eigenvalue weighted by atomic mass is 9.74. The minimum atomic E-state index is -0.181. The van der Waals surface area contributed by atoms with E-state index < -0.39 is 0 Å². The average Bonchev–Trinajstić information content (AvgIpc) is 3.22. The molecule has 6 aromatic rings. The second-order valence-corrected chi connectivity index (χ2v) is 9.57. The van der Waals surface area contributed by atoms with Crippen molar-refractivity contribution in [3.63, 3.8) is 0 Å². The molecule has 1 aliphatic rings. The summed E-state index contributed by atoms with van der Waals surface area (Å²) in [5, 5.41) is 1.19. The van der Waals surface area contributed by atoms with Gasteiger partial charge in [0.15, 0.2) is 0 Å². The van der Waals surface area contributed by atoms with Gasteiger partial charge in [0, 0.05) is 34.3 Å². The van der Waals surface area contributed by atoms with Gasteiger partial charge in [-0.3, -0.25) is 4.98 Å². The van der Waals surface area contributed by atoms with E-state index in [1.807, 2.05) is 18.5 Å². The predicted octanol–water partition coefficient (Wildman–Crippen LogP) is 7.55. The summed E-state index contributed by atoms with van der Waals surface area (Å²) < 4.78 is 2.39. The smallest absolute Gasteiger partial charge is 0.0971 e. The van der Waals surface area contributed by atoms with Crippen LogP contribution in [0.3, 0.4) is 0 Å². The third-order valence-electron chi connectivity index (χ3n) is 7.27. The molecule has 4 heterocycles. The Morgan fingerprint density at radius 3 is 2.21 bits per heavy atom. The highest BCUT2D eigenvalue weighted by Gasteiger charge is 2.36. The molecule has 3 aromatic heterocycles. The summed E-state index contributed by atoms with van der Waals surface area (Å²) in [6.45, 7) is 4.61. The van der Waals surface area contributed by atoms with Crippen molar-refractivity contribution in [1.29, 1.82) is 0 Å². The molecule has 0 amide bonds. The Kier molecular flexibility index (Phi) is 3.89. The summed E-state index contributed by atoms with van der Waals surface area (Å²) in [5.74, 6) is 0. The van der Waals surface area contributed by atoms with Crippen LogP contribution in [-0.2, 0) is 5.41 Å². The number of pyridine rings is 2. The lowest BCUT2D eigenvalue weighted by molar-refractivity contribution is 0.627. The third kappa shape index (κ3) is 2.58. The second kappa shape index (κ2) is 6.88. The fourth-order valence-corrected chi connectivity index (χ4v) is 5.51. The standard InChI is InChI=1S/C31H23N3/c1-31(2)24-18-22(20-9-5-3-6-10-20)17-23-29-28(14-13-26(33-29)21-11-7-4-8-12-21)34(30(23)24)27-15-16-32-19-25(27)31/h3-19H,1-2H3. The average molecular weight is 438 g/mol. The summed E-state index contributed by atoms with van der Waals surface area (Å²) in [6.07, 6.45) is 3.92. The maximum atomic E-state index is 5.23. The maximum Gasteiger partial charge on any atom is 0.0971 e. The molecule has 3 aromatic carbocycles. The Balaban J connectivity index is 1.65. The summed E-state index contributed by atoms with van der Waals surface area (Å²) in [6, 6.07) is 32.2. The van der Waals surface area contributed by atoms with Gasteiger partial charge in [0.25, 0.3) is 0 Å². The first-order valence-electron chi connectivity index (χ1n) is 11.7. The van der Waals surface area contributed by atoms with Crippen LogP contribution in [0, 0.1) is 0 Å². The molecule has 0 saturated heterocycles. The first-order valence-corrected chi connectivity index (χ1v) is 11.7. The van der Waals surface area contributed by atoms with Crippen molar-refractivity contribution in [2.75, 3.05) is 0 Å². The molecule has 0 saturated carbocycles. The molecule has 3 nitrogen and oxygen atoms in total. The third-order valence-corrected chi connectivity index (χ3v) is 7.27. The van der Waals surface area contributed by atoms with E-state index in [4.69, 9.17) is 4.98 Å². The molecule has 0 N–H and O–H groups in total. The molecule has 1 aliphatic heterocycles. The van der Waals surface area contributed by atoms with Gasteiger partial charge in [-0.2, -0.15) is 0 Å². The van der Waals surface area contributed by atoms with Crippen molar-refractivity contribution in [3.8, 4) is 28.1 Å². The lowest BCUT2D eigenvalue weighted by Gasteiger charge is -2.34. The summed E-state index contributed by atoms with van der Waals surface area (Å²) in [4.78, 5) is 9.73. The van der Waals surface area contributed by atoms with E-state index in [2.05, 4.69) is 108 Å². The molecule has 0 fully saturated rings. The highest BCUT2D eigenvalue weighted by atomic mass is 15.0. The van der Waals surface area contributed by atoms with Crippen LogP contribution >= 0.6 is 0 Å². The van der Waals surface area contributed by atoms with E-state index >= 15 is 0 Å². The zero-order valence-electron chi connectivity index (χ0n) is 19.2. The number of benzene rings is 3. The Bertz CT molecular complexity index is 1710. The minimum absolute atomic E-state index is 0.181. The van der Waals surface area contributed by atoms with Crippen molar-refractivity contribution in [2.24, 2.45) is 0 Å². The van der Waals surface area contributed by atoms with Crippen LogP contribution in [0.1, 0.15) is 25.0 Å². The number of aromatic nitrogens is 3. The monoisotopic (exact) mass is 437 g/mol. The summed E-state index contributed by atoms with van der Waals surface area (Å²) in [7, 11) is 0.